The highest BCUT2D eigenvalue weighted by Gasteiger charge is 2.09. The summed E-state index contributed by atoms with van der Waals surface area (Å²) in [4.78, 5) is 3.27. The highest BCUT2D eigenvalue weighted by molar-refractivity contribution is 5.89. The minimum atomic E-state index is 0.0827. The van der Waals surface area contributed by atoms with E-state index in [-0.39, 0.29) is 6.61 Å². The predicted molar refractivity (Wildman–Crippen MR) is 58.4 cm³/mol. The molecule has 0 saturated heterocycles. The third kappa shape index (κ3) is 1.15. The lowest BCUT2D eigenvalue weighted by atomic mass is 10.0. The van der Waals surface area contributed by atoms with Gasteiger partial charge in [-0.25, -0.2) is 0 Å². The van der Waals surface area contributed by atoms with E-state index in [2.05, 4.69) is 37.9 Å². The second-order valence-electron chi connectivity index (χ2n) is 3.84. The largest absolute Gasteiger partial charge is 0.390 e. The summed E-state index contributed by atoms with van der Waals surface area (Å²) < 4.78 is 0. The molecule has 0 spiro atoms. The van der Waals surface area contributed by atoms with Crippen molar-refractivity contribution >= 4 is 10.9 Å². The molecular formula is C12H15NO. The van der Waals surface area contributed by atoms with Gasteiger partial charge in [0.25, 0.3) is 0 Å². The van der Waals surface area contributed by atoms with E-state index in [0.29, 0.717) is 0 Å². The first-order chi connectivity index (χ1) is 6.65. The van der Waals surface area contributed by atoms with Crippen LogP contribution in [0.4, 0.5) is 0 Å². The standard InChI is InChI=1S/C12H15NO/c1-7-4-5-8(2)12-11(7)9(3)10(6-14)13-12/h4-5,13-14H,6H2,1-3H3. The number of H-pyrrole nitrogens is 1. The van der Waals surface area contributed by atoms with Gasteiger partial charge in [-0.2, -0.15) is 0 Å². The summed E-state index contributed by atoms with van der Waals surface area (Å²) in [5, 5.41) is 10.4. The molecule has 0 unspecified atom stereocenters. The van der Waals surface area contributed by atoms with Crippen molar-refractivity contribution in [2.45, 2.75) is 27.4 Å². The zero-order valence-corrected chi connectivity index (χ0v) is 8.81. The lowest BCUT2D eigenvalue weighted by Crippen LogP contribution is -1.84. The molecule has 2 aromatic rings. The number of hydrogen-bond donors (Lipinski definition) is 2. The molecule has 1 aromatic heterocycles. The SMILES string of the molecule is Cc1ccc(C)c2c(C)c(CO)[nH]c12. The molecule has 0 radical (unpaired) electrons. The number of aryl methyl sites for hydroxylation is 3. The quantitative estimate of drug-likeness (QED) is 0.710. The number of aromatic nitrogens is 1. The zero-order chi connectivity index (χ0) is 10.3. The Balaban J connectivity index is 2.90. The molecule has 1 aromatic carbocycles. The van der Waals surface area contributed by atoms with Gasteiger partial charge < -0.3 is 10.1 Å². The van der Waals surface area contributed by atoms with Crippen molar-refractivity contribution in [2.24, 2.45) is 0 Å². The van der Waals surface area contributed by atoms with Crippen LogP contribution in [0, 0.1) is 20.8 Å². The van der Waals surface area contributed by atoms with Crippen molar-refractivity contribution in [3.63, 3.8) is 0 Å². The fourth-order valence-corrected chi connectivity index (χ4v) is 2.01. The van der Waals surface area contributed by atoms with E-state index in [1.165, 1.54) is 22.1 Å². The summed E-state index contributed by atoms with van der Waals surface area (Å²) in [5.41, 5.74) is 5.75. The van der Waals surface area contributed by atoms with E-state index in [1.807, 2.05) is 0 Å². The summed E-state index contributed by atoms with van der Waals surface area (Å²) in [5.74, 6) is 0. The fraction of sp³-hybridized carbons (Fsp3) is 0.333. The van der Waals surface area contributed by atoms with E-state index < -0.39 is 0 Å². The van der Waals surface area contributed by atoms with Gasteiger partial charge in [0.1, 0.15) is 0 Å². The minimum Gasteiger partial charge on any atom is -0.390 e. The molecule has 0 saturated carbocycles. The van der Waals surface area contributed by atoms with Gasteiger partial charge in [0.05, 0.1) is 6.61 Å². The third-order valence-corrected chi connectivity index (χ3v) is 2.88. The Hall–Kier alpha value is -1.28. The van der Waals surface area contributed by atoms with Gasteiger partial charge in [0.15, 0.2) is 0 Å². The third-order valence-electron chi connectivity index (χ3n) is 2.88. The molecule has 0 fully saturated rings. The van der Waals surface area contributed by atoms with E-state index >= 15 is 0 Å². The van der Waals surface area contributed by atoms with E-state index in [1.54, 1.807) is 0 Å². The Morgan fingerprint density at radius 3 is 2.36 bits per heavy atom. The van der Waals surface area contributed by atoms with Crippen LogP contribution in [0.3, 0.4) is 0 Å². The van der Waals surface area contributed by atoms with Gasteiger partial charge in [-0.3, -0.25) is 0 Å². The van der Waals surface area contributed by atoms with Gasteiger partial charge in [-0.15, -0.1) is 0 Å². The number of aliphatic hydroxyl groups excluding tert-OH is 1. The summed E-state index contributed by atoms with van der Waals surface area (Å²) in [7, 11) is 0. The average Bonchev–Trinajstić information content (AvgIpc) is 2.51. The lowest BCUT2D eigenvalue weighted by Gasteiger charge is -2.00. The molecule has 0 aliphatic rings. The van der Waals surface area contributed by atoms with Crippen molar-refractivity contribution in [2.75, 3.05) is 0 Å². The van der Waals surface area contributed by atoms with Crippen LogP contribution >= 0.6 is 0 Å². The summed E-state index contributed by atoms with van der Waals surface area (Å²) in [6.45, 7) is 6.32. The van der Waals surface area contributed by atoms with Gasteiger partial charge >= 0.3 is 0 Å². The van der Waals surface area contributed by atoms with E-state index in [4.69, 9.17) is 0 Å². The zero-order valence-electron chi connectivity index (χ0n) is 8.81. The second kappa shape index (κ2) is 3.14. The first kappa shape index (κ1) is 9.28. The van der Waals surface area contributed by atoms with Crippen LogP contribution in [0.15, 0.2) is 12.1 Å². The summed E-state index contributed by atoms with van der Waals surface area (Å²) in [6.07, 6.45) is 0. The minimum absolute atomic E-state index is 0.0827. The Morgan fingerprint density at radius 1 is 1.14 bits per heavy atom. The van der Waals surface area contributed by atoms with Gasteiger partial charge in [-0.1, -0.05) is 12.1 Å². The van der Waals surface area contributed by atoms with Gasteiger partial charge in [-0.05, 0) is 37.5 Å². The number of aromatic amines is 1. The number of benzene rings is 1. The fourth-order valence-electron chi connectivity index (χ4n) is 2.01. The smallest absolute Gasteiger partial charge is 0.0833 e. The molecule has 1 heterocycles. The first-order valence-electron chi connectivity index (χ1n) is 4.83. The van der Waals surface area contributed by atoms with Crippen molar-refractivity contribution in [1.29, 1.82) is 0 Å². The maximum Gasteiger partial charge on any atom is 0.0833 e. The van der Waals surface area contributed by atoms with Gasteiger partial charge in [0, 0.05) is 16.6 Å². The molecule has 2 N–H and O–H groups in total. The molecule has 0 amide bonds. The van der Waals surface area contributed by atoms with Crippen LogP contribution in [0.25, 0.3) is 10.9 Å². The Bertz CT molecular complexity index is 483. The summed E-state index contributed by atoms with van der Waals surface area (Å²) in [6, 6.07) is 4.23. The van der Waals surface area contributed by atoms with E-state index in [9.17, 15) is 5.11 Å². The lowest BCUT2D eigenvalue weighted by molar-refractivity contribution is 0.277. The molecule has 0 bridgehead atoms. The van der Waals surface area contributed by atoms with Crippen molar-refractivity contribution < 1.29 is 5.11 Å². The molecule has 2 nitrogen and oxygen atoms in total. The number of nitrogens with one attached hydrogen (secondary N) is 1. The molecule has 74 valence electrons. The highest BCUT2D eigenvalue weighted by Crippen LogP contribution is 2.27. The predicted octanol–water partition coefficient (Wildman–Crippen LogP) is 2.59. The normalized spacial score (nSPS) is 11.1. The van der Waals surface area contributed by atoms with Gasteiger partial charge in [0.2, 0.25) is 0 Å². The number of aliphatic hydroxyl groups is 1. The second-order valence-corrected chi connectivity index (χ2v) is 3.84. The maximum absolute atomic E-state index is 9.17. The van der Waals surface area contributed by atoms with Crippen LogP contribution in [-0.4, -0.2) is 10.1 Å². The molecule has 2 heteroatoms. The summed E-state index contributed by atoms with van der Waals surface area (Å²) >= 11 is 0. The Morgan fingerprint density at radius 2 is 1.79 bits per heavy atom. The molecule has 14 heavy (non-hydrogen) atoms. The topological polar surface area (TPSA) is 36.0 Å². The number of rotatable bonds is 1. The number of hydrogen-bond acceptors (Lipinski definition) is 1. The maximum atomic E-state index is 9.17. The highest BCUT2D eigenvalue weighted by atomic mass is 16.3. The molecule has 0 aliphatic carbocycles. The number of fused-ring (bicyclic) bond motifs is 1. The molecule has 0 aliphatic heterocycles. The van der Waals surface area contributed by atoms with Crippen LogP contribution in [0.2, 0.25) is 0 Å². The van der Waals surface area contributed by atoms with Crippen LogP contribution in [0.5, 0.6) is 0 Å². The van der Waals surface area contributed by atoms with E-state index in [0.717, 1.165) is 11.2 Å². The molecule has 0 atom stereocenters. The molecular weight excluding hydrogens is 174 g/mol. The van der Waals surface area contributed by atoms with Crippen molar-refractivity contribution in [3.05, 3.63) is 34.5 Å². The average molecular weight is 189 g/mol. The monoisotopic (exact) mass is 189 g/mol. The van der Waals surface area contributed by atoms with Crippen molar-refractivity contribution in [1.82, 2.24) is 4.98 Å². The van der Waals surface area contributed by atoms with Crippen molar-refractivity contribution in [3.8, 4) is 0 Å². The van der Waals surface area contributed by atoms with Crippen LogP contribution in [-0.2, 0) is 6.61 Å². The Labute approximate surface area is 83.6 Å². The molecule has 2 rings (SSSR count). The first-order valence-corrected chi connectivity index (χ1v) is 4.83. The van der Waals surface area contributed by atoms with Crippen LogP contribution < -0.4 is 0 Å². The Kier molecular flexibility index (Phi) is 2.08. The van der Waals surface area contributed by atoms with Crippen LogP contribution in [0.1, 0.15) is 22.4 Å².